The first kappa shape index (κ1) is 17.3. The van der Waals surface area contributed by atoms with E-state index in [1.165, 1.54) is 6.20 Å². The Labute approximate surface area is 145 Å². The fourth-order valence-electron chi connectivity index (χ4n) is 2.95. The van der Waals surface area contributed by atoms with E-state index in [2.05, 4.69) is 49.2 Å². The SMILES string of the molecule is CC(C)CC(NC(=O)c1c[nH]c(=O)cn1)c1nnc2n1CCNCC2. The highest BCUT2D eigenvalue weighted by molar-refractivity contribution is 5.92. The molecule has 2 aromatic rings. The quantitative estimate of drug-likeness (QED) is 0.703. The van der Waals surface area contributed by atoms with Crippen LogP contribution in [-0.4, -0.2) is 43.7 Å². The average Bonchev–Trinajstić information content (AvgIpc) is 2.83. The van der Waals surface area contributed by atoms with Crippen LogP contribution in [0.25, 0.3) is 0 Å². The van der Waals surface area contributed by atoms with E-state index >= 15 is 0 Å². The fraction of sp³-hybridized carbons (Fsp3) is 0.562. The summed E-state index contributed by atoms with van der Waals surface area (Å²) in [6, 6.07) is -0.263. The van der Waals surface area contributed by atoms with Crippen molar-refractivity contribution in [1.29, 1.82) is 0 Å². The molecule has 0 bridgehead atoms. The molecule has 0 radical (unpaired) electrons. The van der Waals surface area contributed by atoms with Crippen LogP contribution in [0.3, 0.4) is 0 Å². The second-order valence-corrected chi connectivity index (χ2v) is 6.58. The van der Waals surface area contributed by atoms with Crippen molar-refractivity contribution in [2.75, 3.05) is 13.1 Å². The highest BCUT2D eigenvalue weighted by Crippen LogP contribution is 2.21. The van der Waals surface area contributed by atoms with Gasteiger partial charge >= 0.3 is 0 Å². The summed E-state index contributed by atoms with van der Waals surface area (Å²) in [6.45, 7) is 6.69. The Kier molecular flexibility index (Phi) is 5.22. The minimum absolute atomic E-state index is 0.172. The molecule has 9 nitrogen and oxygen atoms in total. The zero-order valence-electron chi connectivity index (χ0n) is 14.5. The van der Waals surface area contributed by atoms with Crippen molar-refractivity contribution in [1.82, 2.24) is 35.4 Å². The second kappa shape index (κ2) is 7.56. The largest absolute Gasteiger partial charge is 0.341 e. The number of rotatable bonds is 5. The maximum absolute atomic E-state index is 12.5. The highest BCUT2D eigenvalue weighted by atomic mass is 16.2. The molecule has 25 heavy (non-hydrogen) atoms. The highest BCUT2D eigenvalue weighted by Gasteiger charge is 2.25. The van der Waals surface area contributed by atoms with Crippen LogP contribution < -0.4 is 16.2 Å². The van der Waals surface area contributed by atoms with Crippen LogP contribution in [0.1, 0.15) is 48.4 Å². The zero-order chi connectivity index (χ0) is 17.8. The monoisotopic (exact) mass is 345 g/mol. The van der Waals surface area contributed by atoms with E-state index in [0.29, 0.717) is 5.92 Å². The minimum atomic E-state index is -0.342. The van der Waals surface area contributed by atoms with Crippen LogP contribution in [0, 0.1) is 5.92 Å². The van der Waals surface area contributed by atoms with E-state index in [-0.39, 0.29) is 23.2 Å². The van der Waals surface area contributed by atoms with Gasteiger partial charge in [-0.2, -0.15) is 0 Å². The van der Waals surface area contributed by atoms with Gasteiger partial charge in [0.1, 0.15) is 11.5 Å². The van der Waals surface area contributed by atoms with E-state index in [1.807, 2.05) is 0 Å². The number of fused-ring (bicyclic) bond motifs is 1. The number of hydrogen-bond donors (Lipinski definition) is 3. The van der Waals surface area contributed by atoms with Gasteiger partial charge in [0.25, 0.3) is 11.5 Å². The van der Waals surface area contributed by atoms with Gasteiger partial charge in [-0.1, -0.05) is 13.8 Å². The number of carbonyl (C=O) groups is 1. The lowest BCUT2D eigenvalue weighted by Crippen LogP contribution is -2.33. The summed E-state index contributed by atoms with van der Waals surface area (Å²) >= 11 is 0. The maximum Gasteiger partial charge on any atom is 0.271 e. The third kappa shape index (κ3) is 4.11. The van der Waals surface area contributed by atoms with E-state index in [1.54, 1.807) is 0 Å². The first-order chi connectivity index (χ1) is 12.0. The Bertz CT molecular complexity index is 776. The molecule has 2 aromatic heterocycles. The van der Waals surface area contributed by atoms with Gasteiger partial charge in [-0.15, -0.1) is 10.2 Å². The molecular formula is C16H23N7O2. The van der Waals surface area contributed by atoms with Crippen molar-refractivity contribution in [3.8, 4) is 0 Å². The van der Waals surface area contributed by atoms with Crippen molar-refractivity contribution in [2.45, 2.75) is 39.3 Å². The summed E-state index contributed by atoms with van der Waals surface area (Å²) in [7, 11) is 0. The molecule has 0 spiro atoms. The van der Waals surface area contributed by atoms with E-state index in [4.69, 9.17) is 0 Å². The molecular weight excluding hydrogens is 322 g/mol. The number of H-pyrrole nitrogens is 1. The van der Waals surface area contributed by atoms with E-state index in [9.17, 15) is 9.59 Å². The summed E-state index contributed by atoms with van der Waals surface area (Å²) in [5.41, 5.74) is -0.170. The number of aromatic nitrogens is 5. The number of nitrogens with zero attached hydrogens (tertiary/aromatic N) is 4. The Morgan fingerprint density at radius 2 is 2.20 bits per heavy atom. The van der Waals surface area contributed by atoms with Crippen molar-refractivity contribution in [2.24, 2.45) is 5.92 Å². The van der Waals surface area contributed by atoms with Gasteiger partial charge in [0.15, 0.2) is 5.82 Å². The molecule has 0 fully saturated rings. The van der Waals surface area contributed by atoms with Gasteiger partial charge < -0.3 is 20.2 Å². The Morgan fingerprint density at radius 1 is 1.36 bits per heavy atom. The molecule has 1 atom stereocenters. The summed E-state index contributed by atoms with van der Waals surface area (Å²) in [5, 5.41) is 15.0. The molecule has 3 N–H and O–H groups in total. The molecule has 1 aliphatic heterocycles. The van der Waals surface area contributed by atoms with Crippen LogP contribution in [0.2, 0.25) is 0 Å². The topological polar surface area (TPSA) is 118 Å². The number of nitrogens with one attached hydrogen (secondary N) is 3. The molecule has 3 heterocycles. The molecule has 0 saturated carbocycles. The summed E-state index contributed by atoms with van der Waals surface area (Å²) in [5.74, 6) is 1.73. The molecule has 9 heteroatoms. The third-order valence-corrected chi connectivity index (χ3v) is 4.12. The number of hydrogen-bond acceptors (Lipinski definition) is 6. The summed E-state index contributed by atoms with van der Waals surface area (Å²) < 4.78 is 2.09. The van der Waals surface area contributed by atoms with Gasteiger partial charge in [-0.05, 0) is 12.3 Å². The molecule has 0 aromatic carbocycles. The predicted molar refractivity (Wildman–Crippen MR) is 91.1 cm³/mol. The van der Waals surface area contributed by atoms with Crippen LogP contribution in [-0.2, 0) is 13.0 Å². The fourth-order valence-corrected chi connectivity index (χ4v) is 2.95. The van der Waals surface area contributed by atoms with Crippen molar-refractivity contribution in [3.05, 3.63) is 40.1 Å². The first-order valence-corrected chi connectivity index (χ1v) is 8.53. The second-order valence-electron chi connectivity index (χ2n) is 6.58. The van der Waals surface area contributed by atoms with Crippen LogP contribution in [0.4, 0.5) is 0 Å². The number of amides is 1. The smallest absolute Gasteiger partial charge is 0.271 e. The Balaban J connectivity index is 1.85. The lowest BCUT2D eigenvalue weighted by Gasteiger charge is -2.21. The van der Waals surface area contributed by atoms with Crippen molar-refractivity contribution >= 4 is 5.91 Å². The maximum atomic E-state index is 12.5. The average molecular weight is 345 g/mol. The lowest BCUT2D eigenvalue weighted by molar-refractivity contribution is 0.0923. The van der Waals surface area contributed by atoms with Gasteiger partial charge in [0, 0.05) is 32.3 Å². The molecule has 1 unspecified atom stereocenters. The van der Waals surface area contributed by atoms with E-state index < -0.39 is 0 Å². The van der Waals surface area contributed by atoms with Gasteiger partial charge in [0.05, 0.1) is 12.2 Å². The van der Waals surface area contributed by atoms with E-state index in [0.717, 1.165) is 50.3 Å². The van der Waals surface area contributed by atoms with Crippen molar-refractivity contribution in [3.63, 3.8) is 0 Å². The Hall–Kier alpha value is -2.55. The number of aromatic amines is 1. The molecule has 0 aliphatic carbocycles. The minimum Gasteiger partial charge on any atom is -0.341 e. The normalized spacial score (nSPS) is 15.5. The lowest BCUT2D eigenvalue weighted by atomic mass is 10.0. The van der Waals surface area contributed by atoms with Crippen LogP contribution in [0.5, 0.6) is 0 Å². The molecule has 1 aliphatic rings. The molecule has 1 amide bonds. The third-order valence-electron chi connectivity index (χ3n) is 4.12. The van der Waals surface area contributed by atoms with Crippen LogP contribution in [0.15, 0.2) is 17.2 Å². The molecule has 0 saturated heterocycles. The van der Waals surface area contributed by atoms with Gasteiger partial charge in [-0.25, -0.2) is 4.98 Å². The number of carbonyl (C=O) groups excluding carboxylic acids is 1. The summed E-state index contributed by atoms with van der Waals surface area (Å²) in [4.78, 5) is 30.0. The predicted octanol–water partition coefficient (Wildman–Crippen LogP) is 0.0243. The van der Waals surface area contributed by atoms with Gasteiger partial charge in [0.2, 0.25) is 0 Å². The summed E-state index contributed by atoms with van der Waals surface area (Å²) in [6.07, 6.45) is 3.97. The first-order valence-electron chi connectivity index (χ1n) is 8.53. The van der Waals surface area contributed by atoms with Crippen molar-refractivity contribution < 1.29 is 4.79 Å². The zero-order valence-corrected chi connectivity index (χ0v) is 14.5. The van der Waals surface area contributed by atoms with Crippen LogP contribution >= 0.6 is 0 Å². The standard InChI is InChI=1S/C16H23N7O2/c1-10(2)7-11(20-16(25)12-8-19-14(24)9-18-12)15-22-21-13-3-4-17-5-6-23(13)15/h8-11,17H,3-7H2,1-2H3,(H,19,24)(H,20,25). The van der Waals surface area contributed by atoms with Gasteiger partial charge in [-0.3, -0.25) is 9.59 Å². The molecule has 134 valence electrons. The Morgan fingerprint density at radius 3 is 2.92 bits per heavy atom. The molecule has 3 rings (SSSR count).